The molecule has 2 nitrogen and oxygen atoms in total. The molecule has 0 amide bonds. The second kappa shape index (κ2) is 7.24. The molecule has 2 unspecified atom stereocenters. The molecule has 0 saturated carbocycles. The van der Waals surface area contributed by atoms with Crippen molar-refractivity contribution in [1.82, 2.24) is 5.32 Å². The van der Waals surface area contributed by atoms with Crippen molar-refractivity contribution in [3.63, 3.8) is 0 Å². The highest BCUT2D eigenvalue weighted by Crippen LogP contribution is 2.29. The number of rotatable bonds is 8. The lowest BCUT2D eigenvalue weighted by molar-refractivity contribution is -0.0610. The molecule has 0 radical (unpaired) electrons. The molecule has 0 bridgehead atoms. The maximum absolute atomic E-state index is 5.81. The number of methoxy groups -OCH3 is 1. The van der Waals surface area contributed by atoms with E-state index < -0.39 is 0 Å². The van der Waals surface area contributed by atoms with Gasteiger partial charge in [-0.1, -0.05) is 41.0 Å². The van der Waals surface area contributed by atoms with Crippen LogP contribution in [0.5, 0.6) is 0 Å². The van der Waals surface area contributed by atoms with Crippen LogP contribution in [-0.4, -0.2) is 25.3 Å². The molecule has 2 atom stereocenters. The van der Waals surface area contributed by atoms with Gasteiger partial charge in [0.1, 0.15) is 0 Å². The molecule has 0 aromatic heterocycles. The lowest BCUT2D eigenvalue weighted by Crippen LogP contribution is -2.54. The molecule has 0 aliphatic heterocycles. The van der Waals surface area contributed by atoms with Gasteiger partial charge in [0.2, 0.25) is 0 Å². The minimum absolute atomic E-state index is 0.00539. The second-order valence-corrected chi connectivity index (χ2v) is 4.40. The van der Waals surface area contributed by atoms with Crippen LogP contribution < -0.4 is 5.32 Å². The highest BCUT2D eigenvalue weighted by Gasteiger charge is 2.37. The molecule has 0 spiro atoms. The summed E-state index contributed by atoms with van der Waals surface area (Å²) in [6.07, 6.45) is 3.34. The average Bonchev–Trinajstić information content (AvgIpc) is 2.29. The zero-order valence-electron chi connectivity index (χ0n) is 11.4. The quantitative estimate of drug-likeness (QED) is 0.671. The zero-order chi connectivity index (χ0) is 11.9. The van der Waals surface area contributed by atoms with E-state index in [1.807, 2.05) is 7.11 Å². The third kappa shape index (κ3) is 3.46. The molecule has 0 aromatic carbocycles. The van der Waals surface area contributed by atoms with Crippen molar-refractivity contribution in [2.75, 3.05) is 13.7 Å². The molecule has 0 fully saturated rings. The van der Waals surface area contributed by atoms with Gasteiger partial charge in [-0.15, -0.1) is 0 Å². The number of ether oxygens (including phenoxy) is 1. The first-order valence-corrected chi connectivity index (χ1v) is 6.40. The lowest BCUT2D eigenvalue weighted by atomic mass is 9.80. The number of hydrogen-bond donors (Lipinski definition) is 1. The summed E-state index contributed by atoms with van der Waals surface area (Å²) in [5.41, 5.74) is 0.00539. The van der Waals surface area contributed by atoms with Crippen molar-refractivity contribution in [2.24, 2.45) is 5.92 Å². The lowest BCUT2D eigenvalue weighted by Gasteiger charge is -2.42. The third-order valence-corrected chi connectivity index (χ3v) is 3.81. The molecular weight excluding hydrogens is 186 g/mol. The van der Waals surface area contributed by atoms with Crippen LogP contribution >= 0.6 is 0 Å². The van der Waals surface area contributed by atoms with E-state index in [9.17, 15) is 0 Å². The number of hydrogen-bond acceptors (Lipinski definition) is 2. The zero-order valence-corrected chi connectivity index (χ0v) is 11.4. The van der Waals surface area contributed by atoms with Gasteiger partial charge in [-0.3, -0.25) is 0 Å². The predicted molar refractivity (Wildman–Crippen MR) is 67.2 cm³/mol. The maximum atomic E-state index is 5.81. The van der Waals surface area contributed by atoms with Crippen molar-refractivity contribution in [2.45, 2.75) is 65.5 Å². The van der Waals surface area contributed by atoms with Crippen molar-refractivity contribution < 1.29 is 4.74 Å². The van der Waals surface area contributed by atoms with Crippen molar-refractivity contribution in [3.8, 4) is 0 Å². The van der Waals surface area contributed by atoms with E-state index in [1.54, 1.807) is 0 Å². The number of nitrogens with one attached hydrogen (secondary N) is 1. The minimum atomic E-state index is 0.00539. The Labute approximate surface area is 95.8 Å². The third-order valence-electron chi connectivity index (χ3n) is 3.81. The second-order valence-electron chi connectivity index (χ2n) is 4.40. The van der Waals surface area contributed by atoms with E-state index >= 15 is 0 Å². The highest BCUT2D eigenvalue weighted by molar-refractivity contribution is 4.93. The standard InChI is InChI=1S/C13H29NO/c1-7-11(5)12(14-10-4)13(8-2,9-3)15-6/h11-12,14H,7-10H2,1-6H3. The molecule has 1 N–H and O–H groups in total. The first kappa shape index (κ1) is 14.9. The molecule has 0 rings (SSSR count). The van der Waals surface area contributed by atoms with E-state index in [0.29, 0.717) is 12.0 Å². The topological polar surface area (TPSA) is 21.3 Å². The van der Waals surface area contributed by atoms with Crippen molar-refractivity contribution >= 4 is 0 Å². The van der Waals surface area contributed by atoms with Crippen LogP contribution in [-0.2, 0) is 4.74 Å². The van der Waals surface area contributed by atoms with Gasteiger partial charge in [0.05, 0.1) is 5.60 Å². The van der Waals surface area contributed by atoms with Gasteiger partial charge in [0.15, 0.2) is 0 Å². The predicted octanol–water partition coefficient (Wildman–Crippen LogP) is 3.22. The Morgan fingerprint density at radius 3 is 1.93 bits per heavy atom. The molecule has 0 aliphatic carbocycles. The van der Waals surface area contributed by atoms with E-state index in [0.717, 1.165) is 19.4 Å². The SMILES string of the molecule is CCNC(C(C)CC)C(CC)(CC)OC. The average molecular weight is 215 g/mol. The summed E-state index contributed by atoms with van der Waals surface area (Å²) in [4.78, 5) is 0. The molecule has 15 heavy (non-hydrogen) atoms. The van der Waals surface area contributed by atoms with Gasteiger partial charge in [-0.05, 0) is 25.3 Å². The molecule has 0 aromatic rings. The molecule has 0 saturated heterocycles. The Bertz CT molecular complexity index is 146. The van der Waals surface area contributed by atoms with Crippen LogP contribution in [0.3, 0.4) is 0 Å². The summed E-state index contributed by atoms with van der Waals surface area (Å²) in [6.45, 7) is 12.2. The van der Waals surface area contributed by atoms with E-state index in [2.05, 4.69) is 39.9 Å². The normalized spacial score (nSPS) is 16.4. The molecule has 0 aliphatic rings. The van der Waals surface area contributed by atoms with Crippen LogP contribution in [0, 0.1) is 5.92 Å². The Kier molecular flexibility index (Phi) is 7.20. The van der Waals surface area contributed by atoms with Crippen LogP contribution in [0.25, 0.3) is 0 Å². The Hall–Kier alpha value is -0.0800. The molecule has 92 valence electrons. The smallest absolute Gasteiger partial charge is 0.0828 e. The summed E-state index contributed by atoms with van der Waals surface area (Å²) >= 11 is 0. The first-order valence-electron chi connectivity index (χ1n) is 6.40. The van der Waals surface area contributed by atoms with Crippen molar-refractivity contribution in [1.29, 1.82) is 0 Å². The summed E-state index contributed by atoms with van der Waals surface area (Å²) in [5, 5.41) is 3.60. The van der Waals surface area contributed by atoms with E-state index in [-0.39, 0.29) is 5.60 Å². The monoisotopic (exact) mass is 215 g/mol. The summed E-state index contributed by atoms with van der Waals surface area (Å²) in [7, 11) is 1.85. The van der Waals surface area contributed by atoms with Gasteiger partial charge in [0.25, 0.3) is 0 Å². The van der Waals surface area contributed by atoms with Crippen LogP contribution in [0.2, 0.25) is 0 Å². The summed E-state index contributed by atoms with van der Waals surface area (Å²) in [5.74, 6) is 0.657. The molecular formula is C13H29NO. The van der Waals surface area contributed by atoms with Crippen LogP contribution in [0.4, 0.5) is 0 Å². The largest absolute Gasteiger partial charge is 0.377 e. The Morgan fingerprint density at radius 1 is 1.13 bits per heavy atom. The first-order chi connectivity index (χ1) is 7.11. The molecule has 2 heteroatoms. The van der Waals surface area contributed by atoms with Gasteiger partial charge >= 0.3 is 0 Å². The van der Waals surface area contributed by atoms with Crippen LogP contribution in [0.15, 0.2) is 0 Å². The fourth-order valence-electron chi connectivity index (χ4n) is 2.47. The van der Waals surface area contributed by atoms with E-state index in [1.165, 1.54) is 6.42 Å². The fraction of sp³-hybridized carbons (Fsp3) is 1.00. The van der Waals surface area contributed by atoms with Gasteiger partial charge < -0.3 is 10.1 Å². The Morgan fingerprint density at radius 2 is 1.67 bits per heavy atom. The minimum Gasteiger partial charge on any atom is -0.377 e. The molecule has 0 heterocycles. The van der Waals surface area contributed by atoms with Gasteiger partial charge in [-0.25, -0.2) is 0 Å². The number of likely N-dealkylation sites (N-methyl/N-ethyl adjacent to an activating group) is 1. The fourth-order valence-corrected chi connectivity index (χ4v) is 2.47. The van der Waals surface area contributed by atoms with E-state index in [4.69, 9.17) is 4.74 Å². The van der Waals surface area contributed by atoms with Gasteiger partial charge in [-0.2, -0.15) is 0 Å². The van der Waals surface area contributed by atoms with Crippen LogP contribution in [0.1, 0.15) is 53.9 Å². The summed E-state index contributed by atoms with van der Waals surface area (Å²) < 4.78 is 5.81. The maximum Gasteiger partial charge on any atom is 0.0828 e. The Balaban J connectivity index is 4.81. The summed E-state index contributed by atoms with van der Waals surface area (Å²) in [6, 6.07) is 0.465. The highest BCUT2D eigenvalue weighted by atomic mass is 16.5. The van der Waals surface area contributed by atoms with Gasteiger partial charge in [0, 0.05) is 13.2 Å². The van der Waals surface area contributed by atoms with Crippen molar-refractivity contribution in [3.05, 3.63) is 0 Å².